The summed E-state index contributed by atoms with van der Waals surface area (Å²) in [5.74, 6) is 0.915. The topological polar surface area (TPSA) is 38.0 Å². The van der Waals surface area contributed by atoms with E-state index in [1.165, 1.54) is 19.3 Å². The fourth-order valence-corrected chi connectivity index (χ4v) is 1.89. The molecule has 1 aliphatic carbocycles. The summed E-state index contributed by atoms with van der Waals surface area (Å²) in [6.45, 7) is 8.61. The minimum absolute atomic E-state index is 0.256. The van der Waals surface area contributed by atoms with E-state index < -0.39 is 0 Å². The smallest absolute Gasteiger partial charge is 0.00699 e. The second kappa shape index (κ2) is 4.43. The molecule has 2 heteroatoms. The van der Waals surface area contributed by atoms with Crippen molar-refractivity contribution >= 4 is 0 Å². The Morgan fingerprint density at radius 2 is 2.08 bits per heavy atom. The molecular formula is C11H24N2. The Balaban J connectivity index is 2.19. The van der Waals surface area contributed by atoms with Gasteiger partial charge in [0.25, 0.3) is 0 Å². The van der Waals surface area contributed by atoms with Crippen LogP contribution in [0.3, 0.4) is 0 Å². The second-order valence-electron chi connectivity index (χ2n) is 5.36. The molecule has 0 heterocycles. The van der Waals surface area contributed by atoms with E-state index >= 15 is 0 Å². The van der Waals surface area contributed by atoms with Crippen molar-refractivity contribution < 1.29 is 0 Å². The molecule has 0 aliphatic heterocycles. The van der Waals surface area contributed by atoms with Gasteiger partial charge < -0.3 is 11.1 Å². The molecule has 0 aromatic carbocycles. The Bertz CT molecular complexity index is 154. The van der Waals surface area contributed by atoms with Crippen LogP contribution in [0.4, 0.5) is 0 Å². The van der Waals surface area contributed by atoms with Crippen LogP contribution in [0.15, 0.2) is 0 Å². The van der Waals surface area contributed by atoms with Crippen LogP contribution in [-0.4, -0.2) is 19.1 Å². The van der Waals surface area contributed by atoms with E-state index in [2.05, 4.69) is 26.1 Å². The van der Waals surface area contributed by atoms with Gasteiger partial charge in [0.2, 0.25) is 0 Å². The Hall–Kier alpha value is -0.0800. The second-order valence-corrected chi connectivity index (χ2v) is 5.36. The SMILES string of the molecule is CC1CCC(NCC(C)(C)CN)C1. The maximum atomic E-state index is 5.68. The quantitative estimate of drug-likeness (QED) is 0.698. The maximum Gasteiger partial charge on any atom is 0.00699 e. The Morgan fingerprint density at radius 1 is 1.38 bits per heavy atom. The maximum absolute atomic E-state index is 5.68. The van der Waals surface area contributed by atoms with Gasteiger partial charge in [-0.15, -0.1) is 0 Å². The van der Waals surface area contributed by atoms with Crippen LogP contribution in [0.25, 0.3) is 0 Å². The molecule has 0 radical (unpaired) electrons. The molecule has 1 aliphatic rings. The van der Waals surface area contributed by atoms with Gasteiger partial charge in [-0.1, -0.05) is 20.8 Å². The highest BCUT2D eigenvalue weighted by Gasteiger charge is 2.23. The summed E-state index contributed by atoms with van der Waals surface area (Å²) in [5.41, 5.74) is 5.93. The van der Waals surface area contributed by atoms with Gasteiger partial charge in [-0.25, -0.2) is 0 Å². The van der Waals surface area contributed by atoms with Crippen molar-refractivity contribution in [2.24, 2.45) is 17.1 Å². The third-order valence-corrected chi connectivity index (χ3v) is 3.12. The molecule has 0 amide bonds. The van der Waals surface area contributed by atoms with Crippen LogP contribution in [0.5, 0.6) is 0 Å². The molecule has 0 saturated heterocycles. The summed E-state index contributed by atoms with van der Waals surface area (Å²) in [7, 11) is 0. The van der Waals surface area contributed by atoms with E-state index in [4.69, 9.17) is 5.73 Å². The Morgan fingerprint density at radius 3 is 2.54 bits per heavy atom. The highest BCUT2D eigenvalue weighted by atomic mass is 14.9. The molecule has 1 saturated carbocycles. The molecule has 1 fully saturated rings. The normalized spacial score (nSPS) is 29.5. The van der Waals surface area contributed by atoms with Gasteiger partial charge in [-0.3, -0.25) is 0 Å². The van der Waals surface area contributed by atoms with Crippen molar-refractivity contribution in [2.75, 3.05) is 13.1 Å². The fraction of sp³-hybridized carbons (Fsp3) is 1.00. The Kier molecular flexibility index (Phi) is 3.74. The summed E-state index contributed by atoms with van der Waals surface area (Å²) in [5, 5.41) is 3.62. The third kappa shape index (κ3) is 3.65. The van der Waals surface area contributed by atoms with Crippen LogP contribution in [0.1, 0.15) is 40.0 Å². The molecule has 2 nitrogen and oxygen atoms in total. The molecule has 0 bridgehead atoms. The van der Waals surface area contributed by atoms with Crippen LogP contribution >= 0.6 is 0 Å². The van der Waals surface area contributed by atoms with E-state index in [1.807, 2.05) is 0 Å². The van der Waals surface area contributed by atoms with Gasteiger partial charge in [0.05, 0.1) is 0 Å². The zero-order valence-corrected chi connectivity index (χ0v) is 9.27. The predicted molar refractivity (Wildman–Crippen MR) is 57.6 cm³/mol. The van der Waals surface area contributed by atoms with Crippen molar-refractivity contribution in [3.63, 3.8) is 0 Å². The van der Waals surface area contributed by atoms with Crippen molar-refractivity contribution in [1.82, 2.24) is 5.32 Å². The number of nitrogens with one attached hydrogen (secondary N) is 1. The van der Waals surface area contributed by atoms with Crippen molar-refractivity contribution in [1.29, 1.82) is 0 Å². The fourth-order valence-electron chi connectivity index (χ4n) is 1.89. The first kappa shape index (κ1) is 11.0. The van der Waals surface area contributed by atoms with Crippen molar-refractivity contribution in [2.45, 2.75) is 46.1 Å². The third-order valence-electron chi connectivity index (χ3n) is 3.12. The van der Waals surface area contributed by atoms with E-state index in [0.717, 1.165) is 25.0 Å². The van der Waals surface area contributed by atoms with E-state index in [-0.39, 0.29) is 5.41 Å². The van der Waals surface area contributed by atoms with Crippen LogP contribution in [-0.2, 0) is 0 Å². The number of hydrogen-bond acceptors (Lipinski definition) is 2. The summed E-state index contributed by atoms with van der Waals surface area (Å²) >= 11 is 0. The van der Waals surface area contributed by atoms with E-state index in [0.29, 0.717) is 0 Å². The van der Waals surface area contributed by atoms with Gasteiger partial charge in [0.15, 0.2) is 0 Å². The van der Waals surface area contributed by atoms with E-state index in [1.54, 1.807) is 0 Å². The summed E-state index contributed by atoms with van der Waals surface area (Å²) in [4.78, 5) is 0. The van der Waals surface area contributed by atoms with Gasteiger partial charge in [0, 0.05) is 12.6 Å². The minimum atomic E-state index is 0.256. The van der Waals surface area contributed by atoms with Gasteiger partial charge in [-0.05, 0) is 37.1 Å². The summed E-state index contributed by atoms with van der Waals surface area (Å²) in [6.07, 6.45) is 4.09. The first-order valence-electron chi connectivity index (χ1n) is 5.47. The van der Waals surface area contributed by atoms with Gasteiger partial charge >= 0.3 is 0 Å². The molecule has 1 rings (SSSR count). The number of hydrogen-bond donors (Lipinski definition) is 2. The molecule has 13 heavy (non-hydrogen) atoms. The average molecular weight is 184 g/mol. The molecule has 0 aromatic heterocycles. The first-order valence-corrected chi connectivity index (χ1v) is 5.47. The van der Waals surface area contributed by atoms with Gasteiger partial charge in [-0.2, -0.15) is 0 Å². The van der Waals surface area contributed by atoms with Gasteiger partial charge in [0.1, 0.15) is 0 Å². The highest BCUT2D eigenvalue weighted by Crippen LogP contribution is 2.25. The lowest BCUT2D eigenvalue weighted by molar-refractivity contribution is 0.327. The van der Waals surface area contributed by atoms with E-state index in [9.17, 15) is 0 Å². The number of nitrogens with two attached hydrogens (primary N) is 1. The number of rotatable bonds is 4. The van der Waals surface area contributed by atoms with Crippen molar-refractivity contribution in [3.05, 3.63) is 0 Å². The molecule has 0 aromatic rings. The van der Waals surface area contributed by atoms with Crippen LogP contribution < -0.4 is 11.1 Å². The monoisotopic (exact) mass is 184 g/mol. The zero-order valence-electron chi connectivity index (χ0n) is 9.27. The largest absolute Gasteiger partial charge is 0.330 e. The molecule has 78 valence electrons. The van der Waals surface area contributed by atoms with Crippen LogP contribution in [0, 0.1) is 11.3 Å². The standard InChI is InChI=1S/C11H24N2/c1-9-4-5-10(6-9)13-8-11(2,3)7-12/h9-10,13H,4-8,12H2,1-3H3. The lowest BCUT2D eigenvalue weighted by Gasteiger charge is -2.25. The highest BCUT2D eigenvalue weighted by molar-refractivity contribution is 4.81. The summed E-state index contributed by atoms with van der Waals surface area (Å²) < 4.78 is 0. The lowest BCUT2D eigenvalue weighted by atomic mass is 9.93. The summed E-state index contributed by atoms with van der Waals surface area (Å²) in [6, 6.07) is 0.751. The molecular weight excluding hydrogens is 160 g/mol. The Labute approximate surface area is 82.3 Å². The average Bonchev–Trinajstić information content (AvgIpc) is 2.48. The molecule has 3 N–H and O–H groups in total. The molecule has 2 unspecified atom stereocenters. The lowest BCUT2D eigenvalue weighted by Crippen LogP contribution is -2.39. The zero-order chi connectivity index (χ0) is 9.90. The van der Waals surface area contributed by atoms with Crippen LogP contribution in [0.2, 0.25) is 0 Å². The molecule has 0 spiro atoms. The van der Waals surface area contributed by atoms with Crippen molar-refractivity contribution in [3.8, 4) is 0 Å². The minimum Gasteiger partial charge on any atom is -0.330 e. The molecule has 2 atom stereocenters. The first-order chi connectivity index (χ1) is 6.03. The predicted octanol–water partition coefficient (Wildman–Crippen LogP) is 1.75.